The van der Waals surface area contributed by atoms with E-state index >= 15 is 0 Å². The first-order valence-electron chi connectivity index (χ1n) is 5.97. The molecule has 0 aromatic carbocycles. The van der Waals surface area contributed by atoms with Crippen LogP contribution >= 0.6 is 7.60 Å². The Kier molecular flexibility index (Phi) is 7.45. The average molecular weight is 278 g/mol. The minimum absolute atomic E-state index is 0.0759. The average Bonchev–Trinajstić information content (AvgIpc) is 2.22. The zero-order chi connectivity index (χ0) is 14.3. The van der Waals surface area contributed by atoms with Crippen molar-refractivity contribution >= 4 is 13.6 Å². The Balaban J connectivity index is 4.88. The zero-order valence-electron chi connectivity index (χ0n) is 11.7. The lowest BCUT2D eigenvalue weighted by molar-refractivity contribution is -0.142. The molecule has 0 bridgehead atoms. The summed E-state index contributed by atoms with van der Waals surface area (Å²) in [5.74, 6) is -0.612. The minimum Gasteiger partial charge on any atom is -0.461 e. The Bertz CT molecular complexity index is 310. The second-order valence-corrected chi connectivity index (χ2v) is 6.72. The predicted molar refractivity (Wildman–Crippen MR) is 70.7 cm³/mol. The van der Waals surface area contributed by atoms with Gasteiger partial charge in [0.1, 0.15) is 6.61 Å². The van der Waals surface area contributed by atoms with E-state index in [9.17, 15) is 9.36 Å². The van der Waals surface area contributed by atoms with E-state index in [2.05, 4.69) is 6.58 Å². The van der Waals surface area contributed by atoms with Crippen molar-refractivity contribution in [1.29, 1.82) is 0 Å². The Labute approximate surface area is 109 Å². The molecule has 0 N–H and O–H groups in total. The van der Waals surface area contributed by atoms with Gasteiger partial charge in [-0.15, -0.1) is 0 Å². The molecule has 0 aromatic rings. The number of rotatable bonds is 8. The van der Waals surface area contributed by atoms with Crippen molar-refractivity contribution in [1.82, 2.24) is 0 Å². The van der Waals surface area contributed by atoms with Crippen LogP contribution in [0.3, 0.4) is 0 Å². The maximum Gasteiger partial charge on any atom is 0.345 e. The van der Waals surface area contributed by atoms with Crippen molar-refractivity contribution < 1.29 is 23.1 Å². The van der Waals surface area contributed by atoms with E-state index < -0.39 is 19.2 Å². The van der Waals surface area contributed by atoms with Crippen LogP contribution in [0, 0.1) is 0 Å². The summed E-state index contributed by atoms with van der Waals surface area (Å²) in [6.45, 7) is 11.9. The van der Waals surface area contributed by atoms with Gasteiger partial charge in [0.2, 0.25) is 0 Å². The van der Waals surface area contributed by atoms with Crippen LogP contribution in [0.5, 0.6) is 0 Å². The van der Waals surface area contributed by atoms with Crippen LogP contribution in [0.4, 0.5) is 0 Å². The van der Waals surface area contributed by atoms with Crippen LogP contribution in [0.25, 0.3) is 0 Å². The first-order valence-corrected chi connectivity index (χ1v) is 7.58. The van der Waals surface area contributed by atoms with E-state index in [1.165, 1.54) is 13.0 Å². The third-order valence-corrected chi connectivity index (χ3v) is 4.46. The Morgan fingerprint density at radius 3 is 1.94 bits per heavy atom. The van der Waals surface area contributed by atoms with Crippen molar-refractivity contribution in [3.63, 3.8) is 0 Å². The molecule has 106 valence electrons. The molecule has 0 saturated carbocycles. The molecule has 0 radical (unpaired) electrons. The van der Waals surface area contributed by atoms with Gasteiger partial charge in [0.25, 0.3) is 0 Å². The van der Waals surface area contributed by atoms with Crippen molar-refractivity contribution in [3.05, 3.63) is 12.7 Å². The Morgan fingerprint density at radius 1 is 1.17 bits per heavy atom. The van der Waals surface area contributed by atoms with Crippen LogP contribution in [-0.4, -0.2) is 30.4 Å². The molecular weight excluding hydrogens is 255 g/mol. The minimum atomic E-state index is -3.53. The molecule has 1 atom stereocenters. The largest absolute Gasteiger partial charge is 0.461 e. The van der Waals surface area contributed by atoms with Crippen LogP contribution in [0.15, 0.2) is 12.7 Å². The van der Waals surface area contributed by atoms with Crippen LogP contribution in [0.2, 0.25) is 0 Å². The van der Waals surface area contributed by atoms with Crippen molar-refractivity contribution in [3.8, 4) is 0 Å². The molecular formula is C12H23O5P. The molecule has 0 fully saturated rings. The number of carbonyl (C=O) groups excluding carboxylic acids is 1. The van der Waals surface area contributed by atoms with Crippen LogP contribution < -0.4 is 0 Å². The number of ether oxygens (including phenoxy) is 1. The van der Waals surface area contributed by atoms with E-state index in [0.717, 1.165) is 0 Å². The maximum atomic E-state index is 12.6. The van der Waals surface area contributed by atoms with Gasteiger partial charge in [0.05, 0.1) is 12.2 Å². The standard InChI is InChI=1S/C12H23O5P/c1-7-8-15-12(13)11(6)18(14,16-9(2)3)17-10(4)5/h7,9-11H,1,8H2,2-6H3. The van der Waals surface area contributed by atoms with Gasteiger partial charge in [-0.1, -0.05) is 12.7 Å². The van der Waals surface area contributed by atoms with Crippen molar-refractivity contribution in [2.75, 3.05) is 6.61 Å². The van der Waals surface area contributed by atoms with Crippen LogP contribution in [-0.2, 0) is 23.1 Å². The molecule has 0 aliphatic heterocycles. The predicted octanol–water partition coefficient (Wildman–Crippen LogP) is 3.15. The van der Waals surface area contributed by atoms with Gasteiger partial charge in [-0.2, -0.15) is 0 Å². The van der Waals surface area contributed by atoms with Crippen molar-refractivity contribution in [2.24, 2.45) is 0 Å². The SMILES string of the molecule is C=CCOC(=O)C(C)P(=O)(OC(C)C)OC(C)C. The van der Waals surface area contributed by atoms with Gasteiger partial charge in [-0.3, -0.25) is 9.36 Å². The topological polar surface area (TPSA) is 61.8 Å². The second kappa shape index (κ2) is 7.72. The van der Waals surface area contributed by atoms with Gasteiger partial charge in [-0.25, -0.2) is 0 Å². The fraction of sp³-hybridized carbons (Fsp3) is 0.750. The quantitative estimate of drug-likeness (QED) is 0.388. The van der Waals surface area contributed by atoms with Crippen molar-refractivity contribution in [2.45, 2.75) is 52.5 Å². The summed E-state index contributed by atoms with van der Waals surface area (Å²) in [5.41, 5.74) is -0.956. The molecule has 0 rings (SSSR count). The fourth-order valence-corrected chi connectivity index (χ4v) is 3.11. The highest BCUT2D eigenvalue weighted by atomic mass is 31.2. The van der Waals surface area contributed by atoms with E-state index in [0.29, 0.717) is 0 Å². The summed E-state index contributed by atoms with van der Waals surface area (Å²) in [7, 11) is -3.53. The summed E-state index contributed by atoms with van der Waals surface area (Å²) in [4.78, 5) is 11.7. The highest BCUT2D eigenvalue weighted by Gasteiger charge is 2.40. The first-order chi connectivity index (χ1) is 8.23. The highest BCUT2D eigenvalue weighted by Crippen LogP contribution is 2.55. The second-order valence-electron chi connectivity index (χ2n) is 4.44. The molecule has 0 aliphatic carbocycles. The smallest absolute Gasteiger partial charge is 0.345 e. The van der Waals surface area contributed by atoms with Crippen LogP contribution in [0.1, 0.15) is 34.6 Å². The molecule has 0 saturated heterocycles. The summed E-state index contributed by atoms with van der Waals surface area (Å²) >= 11 is 0. The molecule has 18 heavy (non-hydrogen) atoms. The molecule has 6 heteroatoms. The molecule has 0 amide bonds. The first kappa shape index (κ1) is 17.4. The lowest BCUT2D eigenvalue weighted by atomic mass is 10.5. The molecule has 0 heterocycles. The number of hydrogen-bond donors (Lipinski definition) is 0. The van der Waals surface area contributed by atoms with Gasteiger partial charge < -0.3 is 13.8 Å². The maximum absolute atomic E-state index is 12.6. The number of hydrogen-bond acceptors (Lipinski definition) is 5. The lowest BCUT2D eigenvalue weighted by Gasteiger charge is -2.26. The fourth-order valence-electron chi connectivity index (χ4n) is 1.19. The Hall–Kier alpha value is -0.640. The van der Waals surface area contributed by atoms with E-state index in [-0.39, 0.29) is 18.8 Å². The van der Waals surface area contributed by atoms with Gasteiger partial charge in [0.15, 0.2) is 5.66 Å². The van der Waals surface area contributed by atoms with E-state index in [4.69, 9.17) is 13.8 Å². The molecule has 1 unspecified atom stereocenters. The van der Waals surface area contributed by atoms with E-state index in [1.54, 1.807) is 27.7 Å². The summed E-state index contributed by atoms with van der Waals surface area (Å²) in [5, 5.41) is 0. The lowest BCUT2D eigenvalue weighted by Crippen LogP contribution is -2.25. The van der Waals surface area contributed by atoms with E-state index in [1.807, 2.05) is 0 Å². The van der Waals surface area contributed by atoms with Gasteiger partial charge in [0, 0.05) is 0 Å². The number of esters is 1. The Morgan fingerprint density at radius 2 is 1.61 bits per heavy atom. The van der Waals surface area contributed by atoms with Gasteiger partial charge in [-0.05, 0) is 34.6 Å². The zero-order valence-corrected chi connectivity index (χ0v) is 12.6. The van der Waals surface area contributed by atoms with Gasteiger partial charge >= 0.3 is 13.6 Å². The normalized spacial score (nSPS) is 13.7. The molecule has 0 aliphatic rings. The third-order valence-electron chi connectivity index (χ3n) is 1.87. The molecule has 5 nitrogen and oxygen atoms in total. The summed E-state index contributed by atoms with van der Waals surface area (Å²) in [6, 6.07) is 0. The monoisotopic (exact) mass is 278 g/mol. The third kappa shape index (κ3) is 5.80. The highest BCUT2D eigenvalue weighted by molar-refractivity contribution is 7.55. The number of carbonyl (C=O) groups is 1. The molecule has 0 aromatic heterocycles. The molecule has 0 spiro atoms. The summed E-state index contributed by atoms with van der Waals surface area (Å²) in [6.07, 6.45) is 0.843. The summed E-state index contributed by atoms with van der Waals surface area (Å²) < 4.78 is 28.1.